The number of carbonyl (C=O) groups excluding carboxylic acids is 1. The first kappa shape index (κ1) is 17.9. The quantitative estimate of drug-likeness (QED) is 0.441. The molecule has 0 fully saturated rings. The van der Waals surface area contributed by atoms with Crippen molar-refractivity contribution in [2.45, 2.75) is 6.61 Å². The van der Waals surface area contributed by atoms with Crippen LogP contribution < -0.4 is 4.74 Å². The Labute approximate surface area is 149 Å². The second kappa shape index (κ2) is 8.39. The Morgan fingerprint density at radius 2 is 1.79 bits per heavy atom. The molecule has 122 valence electrons. The van der Waals surface area contributed by atoms with Gasteiger partial charge in [-0.3, -0.25) is 0 Å². The number of esters is 1. The number of hydrogen-bond acceptors (Lipinski definition) is 4. The molecule has 0 aromatic heterocycles. The van der Waals surface area contributed by atoms with E-state index < -0.39 is 5.97 Å². The second-order valence-electron chi connectivity index (χ2n) is 4.72. The van der Waals surface area contributed by atoms with Crippen molar-refractivity contribution >= 4 is 35.2 Å². The molecule has 0 radical (unpaired) electrons. The molecule has 0 aliphatic rings. The molecule has 0 atom stereocenters. The molecule has 2 aromatic rings. The lowest BCUT2D eigenvalue weighted by Crippen LogP contribution is -2.07. The summed E-state index contributed by atoms with van der Waals surface area (Å²) in [5.74, 6) is -0.0640. The van der Waals surface area contributed by atoms with Crippen molar-refractivity contribution in [1.82, 2.24) is 0 Å². The number of carbonyl (C=O) groups is 1. The predicted octanol–water partition coefficient (Wildman–Crippen LogP) is 4.65. The van der Waals surface area contributed by atoms with Crippen molar-refractivity contribution in [2.75, 3.05) is 7.11 Å². The molecule has 4 nitrogen and oxygen atoms in total. The monoisotopic (exact) mass is 361 g/mol. The van der Waals surface area contributed by atoms with Gasteiger partial charge in [0.25, 0.3) is 0 Å². The molecular weight excluding hydrogens is 349 g/mol. The highest BCUT2D eigenvalue weighted by molar-refractivity contribution is 6.35. The van der Waals surface area contributed by atoms with Gasteiger partial charge in [-0.15, -0.1) is 0 Å². The van der Waals surface area contributed by atoms with E-state index in [2.05, 4.69) is 0 Å². The van der Waals surface area contributed by atoms with Gasteiger partial charge in [-0.05, 0) is 35.9 Å². The number of hydrogen-bond donors (Lipinski definition) is 0. The molecule has 0 unspecified atom stereocenters. The highest BCUT2D eigenvalue weighted by Gasteiger charge is 2.13. The largest absolute Gasteiger partial charge is 0.497 e. The van der Waals surface area contributed by atoms with Crippen LogP contribution in [-0.4, -0.2) is 13.1 Å². The number of rotatable bonds is 5. The van der Waals surface area contributed by atoms with Gasteiger partial charge in [-0.25, -0.2) is 4.79 Å². The number of ether oxygens (including phenoxy) is 2. The number of methoxy groups -OCH3 is 1. The SMILES string of the molecule is COc1ccc(/C=C(\C#N)C(=O)OCc2c(Cl)cccc2Cl)cc1. The zero-order valence-corrected chi connectivity index (χ0v) is 14.3. The smallest absolute Gasteiger partial charge is 0.349 e. The van der Waals surface area contributed by atoms with Crippen molar-refractivity contribution in [1.29, 1.82) is 5.26 Å². The number of nitriles is 1. The Morgan fingerprint density at radius 3 is 2.33 bits per heavy atom. The van der Waals surface area contributed by atoms with Gasteiger partial charge in [-0.1, -0.05) is 41.4 Å². The van der Waals surface area contributed by atoms with Crippen LogP contribution in [-0.2, 0) is 16.1 Å². The molecule has 24 heavy (non-hydrogen) atoms. The number of nitrogens with zero attached hydrogens (tertiary/aromatic N) is 1. The van der Waals surface area contributed by atoms with Crippen LogP contribution in [0.5, 0.6) is 5.75 Å². The summed E-state index contributed by atoms with van der Waals surface area (Å²) in [4.78, 5) is 12.1. The Morgan fingerprint density at radius 1 is 1.17 bits per heavy atom. The molecule has 0 aliphatic carbocycles. The van der Waals surface area contributed by atoms with Crippen molar-refractivity contribution in [3.05, 3.63) is 69.2 Å². The highest BCUT2D eigenvalue weighted by Crippen LogP contribution is 2.25. The van der Waals surface area contributed by atoms with E-state index in [0.717, 1.165) is 0 Å². The van der Waals surface area contributed by atoms with Crippen LogP contribution >= 0.6 is 23.2 Å². The van der Waals surface area contributed by atoms with Crippen molar-refractivity contribution < 1.29 is 14.3 Å². The lowest BCUT2D eigenvalue weighted by molar-refractivity contribution is -0.139. The fourth-order valence-corrected chi connectivity index (χ4v) is 2.40. The van der Waals surface area contributed by atoms with Gasteiger partial charge in [0.15, 0.2) is 0 Å². The molecule has 2 aromatic carbocycles. The summed E-state index contributed by atoms with van der Waals surface area (Å²) >= 11 is 12.0. The van der Waals surface area contributed by atoms with E-state index in [0.29, 0.717) is 26.9 Å². The van der Waals surface area contributed by atoms with Crippen LogP contribution in [0.2, 0.25) is 10.0 Å². The van der Waals surface area contributed by atoms with Gasteiger partial charge in [0.1, 0.15) is 24.0 Å². The van der Waals surface area contributed by atoms with Crippen LogP contribution in [0.4, 0.5) is 0 Å². The molecule has 0 saturated carbocycles. The van der Waals surface area contributed by atoms with E-state index in [4.69, 9.17) is 37.9 Å². The topological polar surface area (TPSA) is 59.3 Å². The molecule has 0 saturated heterocycles. The van der Waals surface area contributed by atoms with E-state index in [-0.39, 0.29) is 12.2 Å². The molecule has 0 N–H and O–H groups in total. The Kier molecular flexibility index (Phi) is 6.25. The van der Waals surface area contributed by atoms with Crippen LogP contribution in [0.15, 0.2) is 48.0 Å². The van der Waals surface area contributed by atoms with Crippen LogP contribution in [0.1, 0.15) is 11.1 Å². The summed E-state index contributed by atoms with van der Waals surface area (Å²) in [5.41, 5.74) is 1.05. The summed E-state index contributed by atoms with van der Waals surface area (Å²) in [6.07, 6.45) is 1.44. The molecule has 0 spiro atoms. The standard InChI is InChI=1S/C18H13Cl2NO3/c1-23-14-7-5-12(6-8-14)9-13(10-21)18(22)24-11-15-16(19)3-2-4-17(15)20/h2-9H,11H2,1H3/b13-9+. The Balaban J connectivity index is 2.11. The van der Waals surface area contributed by atoms with Gasteiger partial charge >= 0.3 is 5.97 Å². The predicted molar refractivity (Wildman–Crippen MR) is 92.8 cm³/mol. The summed E-state index contributed by atoms with van der Waals surface area (Å²) in [5, 5.41) is 9.96. The van der Waals surface area contributed by atoms with E-state index in [1.807, 2.05) is 6.07 Å². The normalized spacial score (nSPS) is 10.8. The number of halogens is 2. The molecule has 0 aliphatic heterocycles. The maximum absolute atomic E-state index is 12.1. The first-order valence-electron chi connectivity index (χ1n) is 6.91. The van der Waals surface area contributed by atoms with E-state index >= 15 is 0 Å². The molecule has 0 heterocycles. The van der Waals surface area contributed by atoms with Gasteiger partial charge in [0, 0.05) is 15.6 Å². The van der Waals surface area contributed by atoms with Gasteiger partial charge in [0.05, 0.1) is 7.11 Å². The van der Waals surface area contributed by atoms with Crippen molar-refractivity contribution in [2.24, 2.45) is 0 Å². The third kappa shape index (κ3) is 4.51. The van der Waals surface area contributed by atoms with E-state index in [1.165, 1.54) is 6.08 Å². The van der Waals surface area contributed by atoms with Crippen molar-refractivity contribution in [3.63, 3.8) is 0 Å². The fraction of sp³-hybridized carbons (Fsp3) is 0.111. The summed E-state index contributed by atoms with van der Waals surface area (Å²) in [6.45, 7) is -0.112. The Hall–Kier alpha value is -2.48. The highest BCUT2D eigenvalue weighted by atomic mass is 35.5. The minimum atomic E-state index is -0.746. The molecule has 2 rings (SSSR count). The summed E-state index contributed by atoms with van der Waals surface area (Å²) < 4.78 is 10.2. The average Bonchev–Trinajstić information content (AvgIpc) is 2.59. The second-order valence-corrected chi connectivity index (χ2v) is 5.53. The first-order valence-corrected chi connectivity index (χ1v) is 7.66. The van der Waals surface area contributed by atoms with Gasteiger partial charge < -0.3 is 9.47 Å². The third-order valence-corrected chi connectivity index (χ3v) is 3.88. The first-order chi connectivity index (χ1) is 11.5. The molecule has 0 bridgehead atoms. The summed E-state index contributed by atoms with van der Waals surface area (Å²) in [7, 11) is 1.56. The number of benzene rings is 2. The van der Waals surface area contributed by atoms with Crippen LogP contribution in [0, 0.1) is 11.3 Å². The lowest BCUT2D eigenvalue weighted by atomic mass is 10.1. The van der Waals surface area contributed by atoms with Crippen LogP contribution in [0.25, 0.3) is 6.08 Å². The fourth-order valence-electron chi connectivity index (χ4n) is 1.89. The zero-order valence-electron chi connectivity index (χ0n) is 12.8. The Bertz CT molecular complexity index is 788. The minimum absolute atomic E-state index is 0.112. The lowest BCUT2D eigenvalue weighted by Gasteiger charge is -2.08. The minimum Gasteiger partial charge on any atom is -0.497 e. The van der Waals surface area contributed by atoms with Gasteiger partial charge in [-0.2, -0.15) is 5.26 Å². The van der Waals surface area contributed by atoms with Gasteiger partial charge in [0.2, 0.25) is 0 Å². The van der Waals surface area contributed by atoms with Crippen LogP contribution in [0.3, 0.4) is 0 Å². The average molecular weight is 362 g/mol. The van der Waals surface area contributed by atoms with E-state index in [1.54, 1.807) is 49.6 Å². The maximum Gasteiger partial charge on any atom is 0.349 e. The van der Waals surface area contributed by atoms with E-state index in [9.17, 15) is 4.79 Å². The maximum atomic E-state index is 12.1. The van der Waals surface area contributed by atoms with Crippen molar-refractivity contribution in [3.8, 4) is 11.8 Å². The third-order valence-electron chi connectivity index (χ3n) is 3.18. The zero-order chi connectivity index (χ0) is 17.5. The molecular formula is C18H13Cl2NO3. The molecule has 0 amide bonds. The summed E-state index contributed by atoms with van der Waals surface area (Å²) in [6, 6.07) is 13.7. The molecule has 6 heteroatoms.